The van der Waals surface area contributed by atoms with Crippen LogP contribution in [-0.2, 0) is 15.9 Å². The summed E-state index contributed by atoms with van der Waals surface area (Å²) < 4.78 is 14.1. The highest BCUT2D eigenvalue weighted by molar-refractivity contribution is 6.62. The first-order valence-electron chi connectivity index (χ1n) is 9.28. The molecule has 1 N–H and O–H groups in total. The Morgan fingerprint density at radius 3 is 2.31 bits per heavy atom. The largest absolute Gasteiger partial charge is 0.494 e. The van der Waals surface area contributed by atoms with E-state index < -0.39 is 0 Å². The molecule has 4 rings (SSSR count). The van der Waals surface area contributed by atoms with Gasteiger partial charge in [-0.2, -0.15) is 0 Å². The highest BCUT2D eigenvalue weighted by Crippen LogP contribution is 2.36. The minimum absolute atomic E-state index is 0.134. The molecule has 1 aromatic heterocycles. The van der Waals surface area contributed by atoms with Crippen LogP contribution < -0.4 is 5.46 Å². The molecule has 0 amide bonds. The number of aromatic nitrogens is 3. The van der Waals surface area contributed by atoms with Gasteiger partial charge in [-0.25, -0.2) is 0 Å². The van der Waals surface area contributed by atoms with Gasteiger partial charge in [0.05, 0.1) is 23.5 Å². The molecule has 2 fully saturated rings. The fourth-order valence-electron chi connectivity index (χ4n) is 3.42. The van der Waals surface area contributed by atoms with E-state index in [2.05, 4.69) is 38.0 Å². The summed E-state index contributed by atoms with van der Waals surface area (Å²) in [6.45, 7) is 9.04. The fourth-order valence-corrected chi connectivity index (χ4v) is 3.42. The molecule has 0 atom stereocenters. The number of benzene rings is 1. The summed E-state index contributed by atoms with van der Waals surface area (Å²) in [5, 5.41) is 17.9. The molecule has 1 aliphatic carbocycles. The lowest BCUT2D eigenvalue weighted by Crippen LogP contribution is -2.41. The first kappa shape index (κ1) is 17.7. The van der Waals surface area contributed by atoms with Gasteiger partial charge in [-0.1, -0.05) is 29.5 Å². The standard InChI is InChI=1S/C19H26BN3O3/c1-18(2)19(3,4)26-20(25-18)15-7-5-14(6-8-15)17-12-23(22-21-17)11-13-9-16(24)10-13/h5-8,12-13,16,24H,9-11H2,1-4H3. The summed E-state index contributed by atoms with van der Waals surface area (Å²) in [7, 11) is -0.352. The second kappa shape index (κ2) is 6.18. The summed E-state index contributed by atoms with van der Waals surface area (Å²) in [4.78, 5) is 0. The van der Waals surface area contributed by atoms with Gasteiger partial charge in [0.15, 0.2) is 0 Å². The lowest BCUT2D eigenvalue weighted by Gasteiger charge is -2.32. The van der Waals surface area contributed by atoms with E-state index in [1.54, 1.807) is 0 Å². The fraction of sp³-hybridized carbons (Fsp3) is 0.579. The second-order valence-corrected chi connectivity index (χ2v) is 8.53. The monoisotopic (exact) mass is 355 g/mol. The minimum Gasteiger partial charge on any atom is -0.399 e. The molecule has 138 valence electrons. The Morgan fingerprint density at radius 1 is 1.12 bits per heavy atom. The Balaban J connectivity index is 1.44. The van der Waals surface area contributed by atoms with Crippen LogP contribution in [-0.4, -0.2) is 44.5 Å². The molecular weight excluding hydrogens is 329 g/mol. The van der Waals surface area contributed by atoms with Gasteiger partial charge in [0.2, 0.25) is 0 Å². The van der Waals surface area contributed by atoms with Crippen molar-refractivity contribution in [1.29, 1.82) is 0 Å². The zero-order valence-electron chi connectivity index (χ0n) is 15.8. The molecule has 6 nitrogen and oxygen atoms in total. The van der Waals surface area contributed by atoms with E-state index in [1.165, 1.54) is 0 Å². The zero-order valence-corrected chi connectivity index (χ0v) is 15.8. The second-order valence-electron chi connectivity index (χ2n) is 8.53. The van der Waals surface area contributed by atoms with Crippen LogP contribution >= 0.6 is 0 Å². The Hall–Kier alpha value is -1.70. The summed E-state index contributed by atoms with van der Waals surface area (Å²) >= 11 is 0. The normalized spacial score (nSPS) is 26.7. The highest BCUT2D eigenvalue weighted by atomic mass is 16.7. The van der Waals surface area contributed by atoms with Gasteiger partial charge in [-0.3, -0.25) is 4.68 Å². The molecule has 26 heavy (non-hydrogen) atoms. The van der Waals surface area contributed by atoms with E-state index in [0.29, 0.717) is 5.92 Å². The number of aliphatic hydroxyl groups is 1. The molecule has 2 aliphatic rings. The molecule has 1 aromatic carbocycles. The number of nitrogens with zero attached hydrogens (tertiary/aromatic N) is 3. The predicted molar refractivity (Wildman–Crippen MR) is 99.9 cm³/mol. The van der Waals surface area contributed by atoms with Crippen LogP contribution in [0.1, 0.15) is 40.5 Å². The topological polar surface area (TPSA) is 69.4 Å². The Bertz CT molecular complexity index is 766. The molecule has 1 saturated carbocycles. The average molecular weight is 355 g/mol. The summed E-state index contributed by atoms with van der Waals surface area (Å²) in [6.07, 6.45) is 3.55. The van der Waals surface area contributed by atoms with Crippen LogP contribution in [0.15, 0.2) is 30.5 Å². The first-order valence-corrected chi connectivity index (χ1v) is 9.28. The number of hydrogen-bond acceptors (Lipinski definition) is 5. The van der Waals surface area contributed by atoms with Crippen molar-refractivity contribution in [2.45, 2.75) is 64.4 Å². The summed E-state index contributed by atoms with van der Waals surface area (Å²) in [6, 6.07) is 8.11. The molecule has 2 heterocycles. The maximum atomic E-state index is 9.39. The van der Waals surface area contributed by atoms with Gasteiger partial charge >= 0.3 is 7.12 Å². The smallest absolute Gasteiger partial charge is 0.399 e. The molecule has 0 bridgehead atoms. The average Bonchev–Trinajstić information content (AvgIpc) is 3.09. The molecule has 0 unspecified atom stereocenters. The SMILES string of the molecule is CC1(C)OB(c2ccc(-c3cn(CC4CC(O)C4)nn3)cc2)OC1(C)C. The first-order chi connectivity index (χ1) is 12.2. The van der Waals surface area contributed by atoms with Crippen molar-refractivity contribution in [3.05, 3.63) is 30.5 Å². The molecular formula is C19H26BN3O3. The molecule has 0 radical (unpaired) electrons. The van der Waals surface area contributed by atoms with Gasteiger partial charge in [0.1, 0.15) is 5.69 Å². The van der Waals surface area contributed by atoms with Crippen LogP contribution in [0.2, 0.25) is 0 Å². The highest BCUT2D eigenvalue weighted by Gasteiger charge is 2.51. The van der Waals surface area contributed by atoms with Crippen molar-refractivity contribution in [1.82, 2.24) is 15.0 Å². The van der Waals surface area contributed by atoms with Crippen molar-refractivity contribution in [3.63, 3.8) is 0 Å². The van der Waals surface area contributed by atoms with Crippen LogP contribution in [0, 0.1) is 5.92 Å². The van der Waals surface area contributed by atoms with Gasteiger partial charge in [0.25, 0.3) is 0 Å². The predicted octanol–water partition coefficient (Wildman–Crippen LogP) is 2.02. The van der Waals surface area contributed by atoms with Gasteiger partial charge in [-0.15, -0.1) is 5.10 Å². The third-order valence-corrected chi connectivity index (χ3v) is 5.93. The Kier molecular flexibility index (Phi) is 4.21. The van der Waals surface area contributed by atoms with E-state index in [-0.39, 0.29) is 24.4 Å². The van der Waals surface area contributed by atoms with Crippen LogP contribution in [0.4, 0.5) is 0 Å². The van der Waals surface area contributed by atoms with E-state index in [0.717, 1.165) is 36.1 Å². The number of rotatable bonds is 4. The van der Waals surface area contributed by atoms with Gasteiger partial charge < -0.3 is 14.4 Å². The van der Waals surface area contributed by atoms with Crippen molar-refractivity contribution in [2.24, 2.45) is 5.92 Å². The zero-order chi connectivity index (χ0) is 18.5. The quantitative estimate of drug-likeness (QED) is 0.850. The lowest BCUT2D eigenvalue weighted by molar-refractivity contribution is 0.00578. The van der Waals surface area contributed by atoms with E-state index in [1.807, 2.05) is 35.1 Å². The van der Waals surface area contributed by atoms with E-state index >= 15 is 0 Å². The maximum Gasteiger partial charge on any atom is 0.494 e. The molecule has 2 aromatic rings. The van der Waals surface area contributed by atoms with Crippen molar-refractivity contribution in [3.8, 4) is 11.3 Å². The Labute approximate surface area is 154 Å². The molecule has 0 spiro atoms. The molecule has 1 saturated heterocycles. The van der Waals surface area contributed by atoms with Crippen molar-refractivity contribution in [2.75, 3.05) is 0 Å². The van der Waals surface area contributed by atoms with Crippen LogP contribution in [0.5, 0.6) is 0 Å². The Morgan fingerprint density at radius 2 is 1.73 bits per heavy atom. The maximum absolute atomic E-state index is 9.39. The van der Waals surface area contributed by atoms with Crippen molar-refractivity contribution >= 4 is 12.6 Å². The summed E-state index contributed by atoms with van der Waals surface area (Å²) in [5.74, 6) is 0.505. The lowest BCUT2D eigenvalue weighted by atomic mass is 9.79. The third kappa shape index (κ3) is 3.19. The molecule has 7 heteroatoms. The van der Waals surface area contributed by atoms with Gasteiger partial charge in [0, 0.05) is 12.1 Å². The number of aliphatic hydroxyl groups excluding tert-OH is 1. The van der Waals surface area contributed by atoms with Gasteiger partial charge in [-0.05, 0) is 51.9 Å². The number of hydrogen-bond donors (Lipinski definition) is 1. The van der Waals surface area contributed by atoms with Crippen LogP contribution in [0.3, 0.4) is 0 Å². The third-order valence-electron chi connectivity index (χ3n) is 5.93. The minimum atomic E-state index is -0.352. The molecule has 1 aliphatic heterocycles. The van der Waals surface area contributed by atoms with E-state index in [9.17, 15) is 5.11 Å². The summed E-state index contributed by atoms with van der Waals surface area (Å²) in [5.41, 5.74) is 2.20. The van der Waals surface area contributed by atoms with Crippen molar-refractivity contribution < 1.29 is 14.4 Å². The van der Waals surface area contributed by atoms with Crippen LogP contribution in [0.25, 0.3) is 11.3 Å². The van der Waals surface area contributed by atoms with E-state index in [4.69, 9.17) is 9.31 Å².